The lowest BCUT2D eigenvalue weighted by molar-refractivity contribution is 0.566. The molecule has 1 unspecified atom stereocenters. The van der Waals surface area contributed by atoms with Crippen molar-refractivity contribution in [2.24, 2.45) is 0 Å². The molecule has 28 heavy (non-hydrogen) atoms. The minimum atomic E-state index is -3.81. The predicted molar refractivity (Wildman–Crippen MR) is 111 cm³/mol. The Morgan fingerprint density at radius 2 is 1.68 bits per heavy atom. The van der Waals surface area contributed by atoms with Gasteiger partial charge in [-0.2, -0.15) is 0 Å². The second kappa shape index (κ2) is 9.62. The van der Waals surface area contributed by atoms with Crippen molar-refractivity contribution in [3.63, 3.8) is 0 Å². The van der Waals surface area contributed by atoms with Gasteiger partial charge in [-0.1, -0.05) is 45.4 Å². The Bertz CT molecular complexity index is 955. The Morgan fingerprint density at radius 1 is 1.00 bits per heavy atom. The number of rotatable bonds is 10. The summed E-state index contributed by atoms with van der Waals surface area (Å²) in [5.41, 5.74) is 1.49. The molecule has 0 spiro atoms. The van der Waals surface area contributed by atoms with Crippen LogP contribution >= 0.6 is 0 Å². The van der Waals surface area contributed by atoms with Crippen molar-refractivity contribution in [1.82, 2.24) is 9.71 Å². The highest BCUT2D eigenvalue weighted by molar-refractivity contribution is 7.92. The molecule has 154 valence electrons. The highest BCUT2D eigenvalue weighted by Gasteiger charge is 2.30. The molecule has 0 radical (unpaired) electrons. The standard InChI is InChI=1S/C20H28N2O4S2/c1-4-5-13-27(23,24)22-15-20(18-7-6-12-21-14-18)28(25,26)19-10-8-17(9-11-19)16(2)3/h6-12,14,16,20,22H,4-5,13,15H2,1-3H3. The first-order chi connectivity index (χ1) is 13.2. The lowest BCUT2D eigenvalue weighted by Crippen LogP contribution is -2.33. The van der Waals surface area contributed by atoms with Crippen LogP contribution in [-0.2, 0) is 19.9 Å². The van der Waals surface area contributed by atoms with E-state index in [1.807, 2.05) is 20.8 Å². The fourth-order valence-electron chi connectivity index (χ4n) is 2.79. The summed E-state index contributed by atoms with van der Waals surface area (Å²) in [7, 11) is -7.35. The average molecular weight is 425 g/mol. The van der Waals surface area contributed by atoms with E-state index in [2.05, 4.69) is 9.71 Å². The van der Waals surface area contributed by atoms with E-state index in [1.54, 1.807) is 42.6 Å². The molecule has 1 aromatic heterocycles. The number of hydrogen-bond donors (Lipinski definition) is 1. The molecule has 0 saturated heterocycles. The number of hydrogen-bond acceptors (Lipinski definition) is 5. The van der Waals surface area contributed by atoms with Gasteiger partial charge in [0.15, 0.2) is 9.84 Å². The summed E-state index contributed by atoms with van der Waals surface area (Å²) in [6, 6.07) is 10.1. The second-order valence-electron chi connectivity index (χ2n) is 7.06. The van der Waals surface area contributed by atoms with Crippen LogP contribution in [0.25, 0.3) is 0 Å². The van der Waals surface area contributed by atoms with Crippen LogP contribution in [0, 0.1) is 0 Å². The van der Waals surface area contributed by atoms with Gasteiger partial charge in [0.1, 0.15) is 5.25 Å². The van der Waals surface area contributed by atoms with Crippen molar-refractivity contribution in [2.45, 2.75) is 49.7 Å². The summed E-state index contributed by atoms with van der Waals surface area (Å²) in [6.07, 6.45) is 4.28. The van der Waals surface area contributed by atoms with Crippen LogP contribution in [0.15, 0.2) is 53.7 Å². The Morgan fingerprint density at radius 3 is 2.21 bits per heavy atom. The average Bonchev–Trinajstić information content (AvgIpc) is 2.67. The van der Waals surface area contributed by atoms with E-state index in [-0.39, 0.29) is 23.1 Å². The number of pyridine rings is 1. The normalized spacial score (nSPS) is 13.6. The summed E-state index contributed by atoms with van der Waals surface area (Å²) in [5, 5.41) is -1.05. The smallest absolute Gasteiger partial charge is 0.211 e. The minimum Gasteiger partial charge on any atom is -0.264 e. The Balaban J connectivity index is 2.35. The number of nitrogens with one attached hydrogen (secondary N) is 1. The van der Waals surface area contributed by atoms with E-state index in [4.69, 9.17) is 0 Å². The predicted octanol–water partition coefficient (Wildman–Crippen LogP) is 3.44. The topological polar surface area (TPSA) is 93.2 Å². The number of sulfone groups is 1. The number of unbranched alkanes of at least 4 members (excludes halogenated alkanes) is 1. The summed E-state index contributed by atoms with van der Waals surface area (Å²) >= 11 is 0. The molecule has 8 heteroatoms. The lowest BCUT2D eigenvalue weighted by Gasteiger charge is -2.19. The highest BCUT2D eigenvalue weighted by Crippen LogP contribution is 2.29. The minimum absolute atomic E-state index is 0.0214. The largest absolute Gasteiger partial charge is 0.264 e. The van der Waals surface area contributed by atoms with Crippen LogP contribution in [0.1, 0.15) is 55.9 Å². The zero-order valence-electron chi connectivity index (χ0n) is 16.5. The Hall–Kier alpha value is -1.77. The monoisotopic (exact) mass is 424 g/mol. The van der Waals surface area contributed by atoms with Crippen molar-refractivity contribution in [1.29, 1.82) is 0 Å². The summed E-state index contributed by atoms with van der Waals surface area (Å²) in [6.45, 7) is 5.74. The highest BCUT2D eigenvalue weighted by atomic mass is 32.2. The molecule has 0 aliphatic rings. The number of benzene rings is 1. The van der Waals surface area contributed by atoms with Gasteiger partial charge in [0, 0.05) is 18.9 Å². The van der Waals surface area contributed by atoms with E-state index >= 15 is 0 Å². The van der Waals surface area contributed by atoms with Gasteiger partial charge in [0.2, 0.25) is 10.0 Å². The van der Waals surface area contributed by atoms with Crippen LogP contribution in [0.4, 0.5) is 0 Å². The third-order valence-corrected chi connectivity index (χ3v) is 8.11. The Labute approximate surface area is 168 Å². The number of nitrogens with zero attached hydrogens (tertiary/aromatic N) is 1. The van der Waals surface area contributed by atoms with Gasteiger partial charge in [-0.15, -0.1) is 0 Å². The van der Waals surface area contributed by atoms with E-state index in [1.165, 1.54) is 6.20 Å². The van der Waals surface area contributed by atoms with Gasteiger partial charge in [0.25, 0.3) is 0 Å². The fourth-order valence-corrected chi connectivity index (χ4v) is 5.77. The van der Waals surface area contributed by atoms with Crippen LogP contribution in [0.3, 0.4) is 0 Å². The molecular weight excluding hydrogens is 396 g/mol. The first-order valence-corrected chi connectivity index (χ1v) is 12.6. The molecule has 2 aromatic rings. The second-order valence-corrected chi connectivity index (χ2v) is 11.1. The quantitative estimate of drug-likeness (QED) is 0.631. The van der Waals surface area contributed by atoms with Crippen LogP contribution < -0.4 is 4.72 Å². The van der Waals surface area contributed by atoms with Gasteiger partial charge >= 0.3 is 0 Å². The summed E-state index contributed by atoms with van der Waals surface area (Å²) in [4.78, 5) is 4.17. The zero-order chi connectivity index (χ0) is 20.8. The molecule has 0 amide bonds. The van der Waals surface area contributed by atoms with Gasteiger partial charge in [-0.3, -0.25) is 4.98 Å². The zero-order valence-corrected chi connectivity index (χ0v) is 18.1. The molecule has 0 saturated carbocycles. The van der Waals surface area contributed by atoms with Gasteiger partial charge in [0.05, 0.1) is 10.6 Å². The third kappa shape index (κ3) is 5.86. The van der Waals surface area contributed by atoms with Crippen LogP contribution in [-0.4, -0.2) is 34.1 Å². The molecule has 1 N–H and O–H groups in total. The van der Waals surface area contributed by atoms with Crippen molar-refractivity contribution in [3.8, 4) is 0 Å². The van der Waals surface area contributed by atoms with Crippen molar-refractivity contribution < 1.29 is 16.8 Å². The van der Waals surface area contributed by atoms with Gasteiger partial charge < -0.3 is 0 Å². The number of aromatic nitrogens is 1. The third-order valence-electron chi connectivity index (χ3n) is 4.56. The van der Waals surface area contributed by atoms with Crippen molar-refractivity contribution in [3.05, 3.63) is 59.9 Å². The first kappa shape index (κ1) is 22.5. The van der Waals surface area contributed by atoms with Crippen molar-refractivity contribution in [2.75, 3.05) is 12.3 Å². The molecule has 0 fully saturated rings. The molecule has 0 aliphatic carbocycles. The molecule has 1 atom stereocenters. The maximum Gasteiger partial charge on any atom is 0.211 e. The molecule has 6 nitrogen and oxygen atoms in total. The maximum absolute atomic E-state index is 13.3. The molecule has 1 aromatic carbocycles. The lowest BCUT2D eigenvalue weighted by atomic mass is 10.0. The molecule has 2 rings (SSSR count). The fraction of sp³-hybridized carbons (Fsp3) is 0.450. The van der Waals surface area contributed by atoms with E-state index < -0.39 is 25.1 Å². The molecule has 0 bridgehead atoms. The first-order valence-electron chi connectivity index (χ1n) is 9.38. The molecule has 0 aliphatic heterocycles. The van der Waals surface area contributed by atoms with Crippen molar-refractivity contribution >= 4 is 19.9 Å². The van der Waals surface area contributed by atoms with E-state index in [9.17, 15) is 16.8 Å². The summed E-state index contributed by atoms with van der Waals surface area (Å²) < 4.78 is 53.4. The van der Waals surface area contributed by atoms with E-state index in [0.717, 1.165) is 12.0 Å². The van der Waals surface area contributed by atoms with E-state index in [0.29, 0.717) is 12.0 Å². The van der Waals surface area contributed by atoms with Crippen LogP contribution in [0.5, 0.6) is 0 Å². The van der Waals surface area contributed by atoms with Gasteiger partial charge in [-0.05, 0) is 41.7 Å². The van der Waals surface area contributed by atoms with Gasteiger partial charge in [-0.25, -0.2) is 21.6 Å². The molecule has 1 heterocycles. The molecular formula is C20H28N2O4S2. The van der Waals surface area contributed by atoms with Crippen LogP contribution in [0.2, 0.25) is 0 Å². The summed E-state index contributed by atoms with van der Waals surface area (Å²) in [5.74, 6) is 0.267. The maximum atomic E-state index is 13.3. The number of sulfonamides is 1. The SMILES string of the molecule is CCCCS(=O)(=O)NCC(c1cccnc1)S(=O)(=O)c1ccc(C(C)C)cc1. The Kier molecular flexibility index (Phi) is 7.74.